The number of allylic oxidation sites excluding steroid dienone is 1. The zero-order chi connectivity index (χ0) is 17.3. The number of fused-ring (bicyclic) bond motifs is 1. The summed E-state index contributed by atoms with van der Waals surface area (Å²) >= 11 is 5.92. The molecule has 0 saturated carbocycles. The van der Waals surface area contributed by atoms with Crippen LogP contribution in [0.5, 0.6) is 0 Å². The van der Waals surface area contributed by atoms with Gasteiger partial charge in [0.25, 0.3) is 0 Å². The highest BCUT2D eigenvalue weighted by molar-refractivity contribution is 6.30. The van der Waals surface area contributed by atoms with Crippen molar-refractivity contribution in [3.63, 3.8) is 0 Å². The summed E-state index contributed by atoms with van der Waals surface area (Å²) < 4.78 is 40.4. The maximum atomic E-state index is 13.5. The highest BCUT2D eigenvalue weighted by atomic mass is 35.5. The van der Waals surface area contributed by atoms with Crippen LogP contribution in [0.2, 0.25) is 5.02 Å². The number of hydrogen-bond acceptors (Lipinski definition) is 0. The number of aromatic amines is 1. The Hall–Kier alpha value is -2.20. The van der Waals surface area contributed by atoms with Crippen molar-refractivity contribution in [2.45, 2.75) is 19.0 Å². The van der Waals surface area contributed by atoms with Crippen molar-refractivity contribution in [1.82, 2.24) is 4.98 Å². The summed E-state index contributed by atoms with van der Waals surface area (Å²) in [6.45, 7) is 1.73. The van der Waals surface area contributed by atoms with Gasteiger partial charge in [-0.1, -0.05) is 35.9 Å². The Bertz CT molecular complexity index is 873. The Morgan fingerprint density at radius 2 is 1.88 bits per heavy atom. The van der Waals surface area contributed by atoms with Crippen molar-refractivity contribution in [2.24, 2.45) is 0 Å². The van der Waals surface area contributed by atoms with E-state index in [1.807, 2.05) is 18.2 Å². The van der Waals surface area contributed by atoms with E-state index >= 15 is 0 Å². The molecule has 3 rings (SSSR count). The molecule has 0 aliphatic rings. The van der Waals surface area contributed by atoms with Crippen LogP contribution in [-0.2, 0) is 0 Å². The summed E-state index contributed by atoms with van der Waals surface area (Å²) in [5.41, 5.74) is 2.51. The van der Waals surface area contributed by atoms with Crippen LogP contribution in [0, 0.1) is 6.92 Å². The lowest BCUT2D eigenvalue weighted by Gasteiger charge is -2.18. The third kappa shape index (κ3) is 3.65. The van der Waals surface area contributed by atoms with Crippen molar-refractivity contribution in [3.05, 3.63) is 76.5 Å². The summed E-state index contributed by atoms with van der Waals surface area (Å²) in [5.74, 6) is -1.70. The number of rotatable bonds is 3. The van der Waals surface area contributed by atoms with Gasteiger partial charge in [0.05, 0.1) is 5.92 Å². The molecule has 3 aromatic rings. The summed E-state index contributed by atoms with van der Waals surface area (Å²) in [6.07, 6.45) is 0.0942. The molecule has 0 saturated heterocycles. The van der Waals surface area contributed by atoms with Gasteiger partial charge < -0.3 is 4.98 Å². The molecule has 1 aromatic heterocycles. The maximum Gasteiger partial charge on any atom is 0.399 e. The SMILES string of the molecule is Cc1cc(Cl)cc(C(/C=C/c2ccc3[nH]ccc3c2)C(F)(F)F)c1. The lowest BCUT2D eigenvalue weighted by atomic mass is 9.95. The van der Waals surface area contributed by atoms with Gasteiger partial charge in [0.2, 0.25) is 0 Å². The molecule has 1 N–H and O–H groups in total. The van der Waals surface area contributed by atoms with Crippen molar-refractivity contribution < 1.29 is 13.2 Å². The first-order valence-electron chi connectivity index (χ1n) is 7.42. The second kappa shape index (κ2) is 6.36. The second-order valence-electron chi connectivity index (χ2n) is 5.76. The zero-order valence-electron chi connectivity index (χ0n) is 12.9. The minimum Gasteiger partial charge on any atom is -0.361 e. The molecule has 1 heterocycles. The molecule has 1 nitrogen and oxygen atoms in total. The quantitative estimate of drug-likeness (QED) is 0.556. The number of benzene rings is 2. The van der Waals surface area contributed by atoms with Crippen molar-refractivity contribution in [1.29, 1.82) is 0 Å². The topological polar surface area (TPSA) is 15.8 Å². The minimum absolute atomic E-state index is 0.145. The Labute approximate surface area is 142 Å². The summed E-state index contributed by atoms with van der Waals surface area (Å²) in [7, 11) is 0. The Morgan fingerprint density at radius 1 is 1.08 bits per heavy atom. The molecule has 0 radical (unpaired) electrons. The fourth-order valence-corrected chi connectivity index (χ4v) is 3.03. The van der Waals surface area contributed by atoms with Crippen LogP contribution < -0.4 is 0 Å². The van der Waals surface area contributed by atoms with Crippen LogP contribution in [-0.4, -0.2) is 11.2 Å². The highest BCUT2D eigenvalue weighted by Gasteiger charge is 2.39. The molecule has 0 amide bonds. The van der Waals surface area contributed by atoms with E-state index in [2.05, 4.69) is 4.98 Å². The first-order chi connectivity index (χ1) is 11.3. The van der Waals surface area contributed by atoms with Crippen LogP contribution in [0.3, 0.4) is 0 Å². The third-order valence-electron chi connectivity index (χ3n) is 3.83. The molecule has 0 aliphatic carbocycles. The molecule has 0 spiro atoms. The second-order valence-corrected chi connectivity index (χ2v) is 6.20. The number of nitrogens with one attached hydrogen (secondary N) is 1. The normalized spacial score (nSPS) is 13.7. The van der Waals surface area contributed by atoms with Gasteiger partial charge in [-0.3, -0.25) is 0 Å². The predicted molar refractivity (Wildman–Crippen MR) is 92.3 cm³/mol. The average Bonchev–Trinajstić information content (AvgIpc) is 2.92. The van der Waals surface area contributed by atoms with Crippen LogP contribution in [0.1, 0.15) is 22.6 Å². The molecule has 2 aromatic carbocycles. The number of hydrogen-bond donors (Lipinski definition) is 1. The van der Waals surface area contributed by atoms with E-state index < -0.39 is 12.1 Å². The van der Waals surface area contributed by atoms with Crippen molar-refractivity contribution >= 4 is 28.6 Å². The van der Waals surface area contributed by atoms with Gasteiger partial charge in [0.1, 0.15) is 0 Å². The lowest BCUT2D eigenvalue weighted by molar-refractivity contribution is -0.139. The predicted octanol–water partition coefficient (Wildman–Crippen LogP) is 6.49. The fraction of sp³-hybridized carbons (Fsp3) is 0.158. The first-order valence-corrected chi connectivity index (χ1v) is 7.80. The van der Waals surface area contributed by atoms with Crippen molar-refractivity contribution in [2.75, 3.05) is 0 Å². The van der Waals surface area contributed by atoms with E-state index in [-0.39, 0.29) is 5.56 Å². The minimum atomic E-state index is -4.38. The van der Waals surface area contributed by atoms with Crippen molar-refractivity contribution in [3.8, 4) is 0 Å². The Kier molecular flexibility index (Phi) is 4.41. The molecule has 1 unspecified atom stereocenters. The Morgan fingerprint density at radius 3 is 2.58 bits per heavy atom. The molecule has 124 valence electrons. The van der Waals surface area contributed by atoms with Gasteiger partial charge in [-0.2, -0.15) is 13.2 Å². The van der Waals surface area contributed by atoms with E-state index in [0.717, 1.165) is 16.5 Å². The number of aryl methyl sites for hydroxylation is 1. The number of H-pyrrole nitrogens is 1. The van der Waals surface area contributed by atoms with Crippen LogP contribution >= 0.6 is 11.6 Å². The summed E-state index contributed by atoms with van der Waals surface area (Å²) in [4.78, 5) is 3.06. The van der Waals surface area contributed by atoms with Gasteiger partial charge in [0.15, 0.2) is 0 Å². The number of alkyl halides is 3. The number of aromatic nitrogens is 1. The molecular formula is C19H15ClF3N. The smallest absolute Gasteiger partial charge is 0.361 e. The molecule has 0 fully saturated rings. The van der Waals surface area contributed by atoms with Gasteiger partial charge in [-0.05, 0) is 59.3 Å². The van der Waals surface area contributed by atoms with Gasteiger partial charge in [-0.25, -0.2) is 0 Å². The number of halogens is 4. The largest absolute Gasteiger partial charge is 0.399 e. The standard InChI is InChI=1S/C19H15ClF3N/c1-12-8-15(11-16(20)9-12)17(19(21,22)23)4-2-13-3-5-18-14(10-13)6-7-24-18/h2-11,17,24H,1H3/b4-2+. The summed E-state index contributed by atoms with van der Waals surface area (Å²) in [5, 5.41) is 1.26. The molecule has 24 heavy (non-hydrogen) atoms. The fourth-order valence-electron chi connectivity index (χ4n) is 2.74. The van der Waals surface area contributed by atoms with E-state index in [1.54, 1.807) is 25.3 Å². The summed E-state index contributed by atoms with van der Waals surface area (Å²) in [6, 6.07) is 11.9. The monoisotopic (exact) mass is 349 g/mol. The lowest BCUT2D eigenvalue weighted by Crippen LogP contribution is -2.19. The van der Waals surface area contributed by atoms with Crippen LogP contribution in [0.25, 0.3) is 17.0 Å². The van der Waals surface area contributed by atoms with Crippen LogP contribution in [0.15, 0.2) is 54.7 Å². The van der Waals surface area contributed by atoms with E-state index in [1.165, 1.54) is 24.3 Å². The van der Waals surface area contributed by atoms with Crippen LogP contribution in [0.4, 0.5) is 13.2 Å². The molecule has 5 heteroatoms. The van der Waals surface area contributed by atoms with E-state index in [0.29, 0.717) is 10.6 Å². The first kappa shape index (κ1) is 16.7. The molecule has 0 bridgehead atoms. The molecular weight excluding hydrogens is 335 g/mol. The average molecular weight is 350 g/mol. The molecule has 1 atom stereocenters. The third-order valence-corrected chi connectivity index (χ3v) is 4.05. The maximum absolute atomic E-state index is 13.5. The highest BCUT2D eigenvalue weighted by Crippen LogP contribution is 2.37. The zero-order valence-corrected chi connectivity index (χ0v) is 13.6. The molecule has 0 aliphatic heterocycles. The van der Waals surface area contributed by atoms with Gasteiger partial charge in [-0.15, -0.1) is 0 Å². The van der Waals surface area contributed by atoms with Gasteiger partial charge >= 0.3 is 6.18 Å². The van der Waals surface area contributed by atoms with Gasteiger partial charge in [0, 0.05) is 16.7 Å². The van der Waals surface area contributed by atoms with E-state index in [4.69, 9.17) is 11.6 Å². The Balaban J connectivity index is 1.97. The van der Waals surface area contributed by atoms with E-state index in [9.17, 15) is 13.2 Å².